The van der Waals surface area contributed by atoms with Gasteiger partial charge in [-0.2, -0.15) is 0 Å². The van der Waals surface area contributed by atoms with Gasteiger partial charge in [-0.3, -0.25) is 4.79 Å². The normalized spacial score (nSPS) is 13.9. The molecule has 2 heterocycles. The number of benzene rings is 1. The second-order valence-corrected chi connectivity index (χ2v) is 8.25. The van der Waals surface area contributed by atoms with Crippen LogP contribution in [0.15, 0.2) is 23.4 Å². The molecule has 1 aliphatic rings. The molecular formula is C18H21N5O2S2. The van der Waals surface area contributed by atoms with Crippen LogP contribution in [0.5, 0.6) is 5.75 Å². The standard InChI is InChI=1S/C18H21N5O2S2/c1-3-23-16(11-5-6-11)21-22-18(23)26-10-15(24)20-17-19-13-8-7-12(25-4-2)9-14(13)27-17/h7-9,11H,3-6,10H2,1-2H3,(H,19,20,24). The lowest BCUT2D eigenvalue weighted by atomic mass is 10.3. The Balaban J connectivity index is 1.38. The molecule has 9 heteroatoms. The predicted molar refractivity (Wildman–Crippen MR) is 108 cm³/mol. The number of aromatic nitrogens is 4. The van der Waals surface area contributed by atoms with Gasteiger partial charge in [0.15, 0.2) is 10.3 Å². The number of nitrogens with zero attached hydrogens (tertiary/aromatic N) is 4. The summed E-state index contributed by atoms with van der Waals surface area (Å²) in [7, 11) is 0. The van der Waals surface area contributed by atoms with Crippen molar-refractivity contribution in [1.29, 1.82) is 0 Å². The van der Waals surface area contributed by atoms with Crippen LogP contribution < -0.4 is 10.1 Å². The highest BCUT2D eigenvalue weighted by Gasteiger charge is 2.30. The van der Waals surface area contributed by atoms with Gasteiger partial charge in [-0.15, -0.1) is 10.2 Å². The number of thioether (sulfide) groups is 1. The minimum absolute atomic E-state index is 0.0947. The number of anilines is 1. The van der Waals surface area contributed by atoms with E-state index in [1.807, 2.05) is 25.1 Å². The fourth-order valence-electron chi connectivity index (χ4n) is 2.85. The number of hydrogen-bond acceptors (Lipinski definition) is 7. The van der Waals surface area contributed by atoms with E-state index in [2.05, 4.69) is 32.0 Å². The van der Waals surface area contributed by atoms with Crippen LogP contribution in [0.25, 0.3) is 10.2 Å². The first-order chi connectivity index (χ1) is 13.2. The molecule has 1 N–H and O–H groups in total. The molecule has 7 nitrogen and oxygen atoms in total. The van der Waals surface area contributed by atoms with Gasteiger partial charge in [-0.05, 0) is 44.9 Å². The van der Waals surface area contributed by atoms with E-state index in [0.29, 0.717) is 17.7 Å². The summed E-state index contributed by atoms with van der Waals surface area (Å²) in [6.45, 7) is 5.48. The molecule has 0 bridgehead atoms. The Kier molecular flexibility index (Phi) is 5.31. The number of rotatable bonds is 8. The van der Waals surface area contributed by atoms with Crippen LogP contribution in [0.3, 0.4) is 0 Å². The number of nitrogens with one attached hydrogen (secondary N) is 1. The van der Waals surface area contributed by atoms with Crippen LogP contribution in [0, 0.1) is 0 Å². The molecule has 0 radical (unpaired) electrons. The number of carbonyl (C=O) groups is 1. The maximum Gasteiger partial charge on any atom is 0.236 e. The van der Waals surface area contributed by atoms with Crippen molar-refractivity contribution in [3.8, 4) is 5.75 Å². The summed E-state index contributed by atoms with van der Waals surface area (Å²) < 4.78 is 8.61. The van der Waals surface area contributed by atoms with Crippen LogP contribution in [0.1, 0.15) is 38.4 Å². The number of ether oxygens (including phenoxy) is 1. The van der Waals surface area contributed by atoms with Gasteiger partial charge in [0.2, 0.25) is 5.91 Å². The van der Waals surface area contributed by atoms with E-state index >= 15 is 0 Å². The highest BCUT2D eigenvalue weighted by molar-refractivity contribution is 7.99. The fourth-order valence-corrected chi connectivity index (χ4v) is 4.57. The lowest BCUT2D eigenvalue weighted by molar-refractivity contribution is -0.113. The summed E-state index contributed by atoms with van der Waals surface area (Å²) in [5.74, 6) is 2.60. The summed E-state index contributed by atoms with van der Waals surface area (Å²) in [5, 5.41) is 12.8. The first-order valence-electron chi connectivity index (χ1n) is 9.07. The van der Waals surface area contributed by atoms with Gasteiger partial charge in [0.1, 0.15) is 11.6 Å². The second kappa shape index (κ2) is 7.85. The number of amides is 1. The molecule has 1 saturated carbocycles. The van der Waals surface area contributed by atoms with Crippen LogP contribution >= 0.6 is 23.1 Å². The molecule has 0 unspecified atom stereocenters. The number of thiazole rings is 1. The zero-order chi connectivity index (χ0) is 18.8. The van der Waals surface area contributed by atoms with Gasteiger partial charge in [-0.25, -0.2) is 4.98 Å². The molecule has 0 atom stereocenters. The van der Waals surface area contributed by atoms with Crippen LogP contribution in [-0.4, -0.2) is 38.0 Å². The first kappa shape index (κ1) is 18.2. The zero-order valence-corrected chi connectivity index (χ0v) is 16.9. The van der Waals surface area contributed by atoms with Crippen molar-refractivity contribution in [2.45, 2.75) is 44.3 Å². The molecule has 1 aromatic carbocycles. The Morgan fingerprint density at radius 2 is 2.22 bits per heavy atom. The van der Waals surface area contributed by atoms with Crippen LogP contribution in [0.4, 0.5) is 5.13 Å². The smallest absolute Gasteiger partial charge is 0.236 e. The number of fused-ring (bicyclic) bond motifs is 1. The quantitative estimate of drug-likeness (QED) is 0.574. The predicted octanol–water partition coefficient (Wildman–Crippen LogP) is 3.91. The average Bonchev–Trinajstić information content (AvgIpc) is 3.29. The highest BCUT2D eigenvalue weighted by Crippen LogP contribution is 2.40. The van der Waals surface area contributed by atoms with Gasteiger partial charge in [0, 0.05) is 12.5 Å². The van der Waals surface area contributed by atoms with E-state index < -0.39 is 0 Å². The van der Waals surface area contributed by atoms with E-state index in [0.717, 1.165) is 33.5 Å². The van der Waals surface area contributed by atoms with Crippen molar-refractivity contribution in [3.63, 3.8) is 0 Å². The van der Waals surface area contributed by atoms with Gasteiger partial charge >= 0.3 is 0 Å². The first-order valence-corrected chi connectivity index (χ1v) is 10.9. The molecule has 4 rings (SSSR count). The molecule has 0 aliphatic heterocycles. The van der Waals surface area contributed by atoms with Crippen molar-refractivity contribution in [2.75, 3.05) is 17.7 Å². The molecule has 27 heavy (non-hydrogen) atoms. The SMILES string of the molecule is CCOc1ccc2nc(NC(=O)CSc3nnc(C4CC4)n3CC)sc2c1. The van der Waals surface area contributed by atoms with E-state index in [-0.39, 0.29) is 11.7 Å². The zero-order valence-electron chi connectivity index (χ0n) is 15.3. The molecule has 0 spiro atoms. The Labute approximate surface area is 165 Å². The lowest BCUT2D eigenvalue weighted by Crippen LogP contribution is -2.14. The third-order valence-corrected chi connectivity index (χ3v) is 6.15. The van der Waals surface area contributed by atoms with Gasteiger partial charge < -0.3 is 14.6 Å². The largest absolute Gasteiger partial charge is 0.494 e. The van der Waals surface area contributed by atoms with Gasteiger partial charge in [0.25, 0.3) is 0 Å². The minimum atomic E-state index is -0.0947. The molecule has 1 fully saturated rings. The monoisotopic (exact) mass is 403 g/mol. The molecule has 3 aromatic rings. The minimum Gasteiger partial charge on any atom is -0.494 e. The summed E-state index contributed by atoms with van der Waals surface area (Å²) in [4.78, 5) is 16.8. The van der Waals surface area contributed by atoms with Crippen molar-refractivity contribution in [3.05, 3.63) is 24.0 Å². The average molecular weight is 404 g/mol. The van der Waals surface area contributed by atoms with Gasteiger partial charge in [0.05, 0.1) is 22.6 Å². The van der Waals surface area contributed by atoms with Crippen LogP contribution in [-0.2, 0) is 11.3 Å². The Hall–Kier alpha value is -2.13. The summed E-state index contributed by atoms with van der Waals surface area (Å²) in [6.07, 6.45) is 2.37. The third kappa shape index (κ3) is 4.08. The van der Waals surface area contributed by atoms with Crippen LogP contribution in [0.2, 0.25) is 0 Å². The molecule has 142 valence electrons. The number of hydrogen-bond donors (Lipinski definition) is 1. The summed E-state index contributed by atoms with van der Waals surface area (Å²) >= 11 is 2.86. The highest BCUT2D eigenvalue weighted by atomic mass is 32.2. The maximum absolute atomic E-state index is 12.3. The van der Waals surface area contributed by atoms with Crippen molar-refractivity contribution >= 4 is 44.4 Å². The van der Waals surface area contributed by atoms with Crippen molar-refractivity contribution in [2.24, 2.45) is 0 Å². The fraction of sp³-hybridized carbons (Fsp3) is 0.444. The van der Waals surface area contributed by atoms with E-state index in [4.69, 9.17) is 4.74 Å². The van der Waals surface area contributed by atoms with E-state index in [9.17, 15) is 4.79 Å². The molecule has 2 aromatic heterocycles. The van der Waals surface area contributed by atoms with Crippen molar-refractivity contribution < 1.29 is 9.53 Å². The summed E-state index contributed by atoms with van der Waals surface area (Å²) in [5.41, 5.74) is 0.853. The molecule has 1 aliphatic carbocycles. The topological polar surface area (TPSA) is 81.9 Å². The Morgan fingerprint density at radius 1 is 1.37 bits per heavy atom. The second-order valence-electron chi connectivity index (χ2n) is 6.28. The Bertz CT molecular complexity index is 964. The molecule has 0 saturated heterocycles. The van der Waals surface area contributed by atoms with Crippen molar-refractivity contribution in [1.82, 2.24) is 19.7 Å². The number of carbonyl (C=O) groups excluding carboxylic acids is 1. The summed E-state index contributed by atoms with van der Waals surface area (Å²) in [6, 6.07) is 5.75. The Morgan fingerprint density at radius 3 is 2.96 bits per heavy atom. The molecular weight excluding hydrogens is 382 g/mol. The third-order valence-electron chi connectivity index (χ3n) is 4.25. The van der Waals surface area contributed by atoms with E-state index in [1.54, 1.807) is 0 Å². The maximum atomic E-state index is 12.3. The van der Waals surface area contributed by atoms with Gasteiger partial charge in [-0.1, -0.05) is 23.1 Å². The molecule has 1 amide bonds. The lowest BCUT2D eigenvalue weighted by Gasteiger charge is -2.06. The van der Waals surface area contributed by atoms with E-state index in [1.165, 1.54) is 35.9 Å².